The van der Waals surface area contributed by atoms with Gasteiger partial charge in [0.05, 0.1) is 19.2 Å². The predicted octanol–water partition coefficient (Wildman–Crippen LogP) is 2.52. The minimum atomic E-state index is -0.957. The summed E-state index contributed by atoms with van der Waals surface area (Å²) >= 11 is 0. The van der Waals surface area contributed by atoms with Crippen molar-refractivity contribution in [3.8, 4) is 11.5 Å². The second-order valence-corrected chi connectivity index (χ2v) is 5.38. The number of carboxylic acids is 1. The summed E-state index contributed by atoms with van der Waals surface area (Å²) in [5.41, 5.74) is 1.17. The molecule has 25 heavy (non-hydrogen) atoms. The summed E-state index contributed by atoms with van der Waals surface area (Å²) in [4.78, 5) is 22.6. The Morgan fingerprint density at radius 3 is 2.24 bits per heavy atom. The Labute approximate surface area is 146 Å². The molecule has 2 aromatic rings. The molecule has 0 aliphatic rings. The molecular weight excluding hydrogens is 322 g/mol. The fourth-order valence-corrected chi connectivity index (χ4v) is 2.19. The number of benzene rings is 2. The van der Waals surface area contributed by atoms with E-state index in [2.05, 4.69) is 5.32 Å². The zero-order chi connectivity index (χ0) is 18.1. The fourth-order valence-electron chi connectivity index (χ4n) is 2.19. The lowest BCUT2D eigenvalue weighted by Gasteiger charge is -2.08. The van der Waals surface area contributed by atoms with Gasteiger partial charge in [-0.2, -0.15) is 0 Å². The van der Waals surface area contributed by atoms with Crippen LogP contribution in [0.1, 0.15) is 22.3 Å². The van der Waals surface area contributed by atoms with Gasteiger partial charge in [0, 0.05) is 6.42 Å². The molecule has 0 aliphatic heterocycles. The molecule has 132 valence electrons. The number of aromatic carboxylic acids is 1. The maximum atomic E-state index is 11.8. The molecule has 6 heteroatoms. The smallest absolute Gasteiger partial charge is 0.335 e. The first kappa shape index (κ1) is 18.3. The number of nitrogens with one attached hydrogen (secondary N) is 1. The third-order valence-corrected chi connectivity index (χ3v) is 3.59. The van der Waals surface area contributed by atoms with E-state index in [-0.39, 0.29) is 11.5 Å². The highest BCUT2D eigenvalue weighted by molar-refractivity contribution is 5.87. The number of amides is 1. The number of carbonyl (C=O) groups excluding carboxylic acids is 1. The van der Waals surface area contributed by atoms with Gasteiger partial charge < -0.3 is 19.9 Å². The molecule has 2 rings (SSSR count). The molecule has 0 spiro atoms. The van der Waals surface area contributed by atoms with Crippen LogP contribution in [0.25, 0.3) is 0 Å². The second kappa shape index (κ2) is 9.32. The van der Waals surface area contributed by atoms with Gasteiger partial charge in [0.2, 0.25) is 5.91 Å². The summed E-state index contributed by atoms with van der Waals surface area (Å²) in [5, 5.41) is 11.6. The molecule has 0 aliphatic carbocycles. The standard InChI is InChI=1S/C19H21NO5/c1-24-16-7-9-17(10-8-16)25-13-12-20-18(21)11-4-14-2-5-15(6-3-14)19(22)23/h2-3,5-10H,4,11-13H2,1H3,(H,20,21)(H,22,23). The molecule has 6 nitrogen and oxygen atoms in total. The zero-order valence-electron chi connectivity index (χ0n) is 14.0. The maximum Gasteiger partial charge on any atom is 0.335 e. The van der Waals surface area contributed by atoms with Crippen LogP contribution in [-0.2, 0) is 11.2 Å². The summed E-state index contributed by atoms with van der Waals surface area (Å²) < 4.78 is 10.6. The minimum absolute atomic E-state index is 0.0688. The van der Waals surface area contributed by atoms with Crippen molar-refractivity contribution in [3.63, 3.8) is 0 Å². The van der Waals surface area contributed by atoms with E-state index in [4.69, 9.17) is 14.6 Å². The van der Waals surface area contributed by atoms with Gasteiger partial charge in [0.25, 0.3) is 0 Å². The van der Waals surface area contributed by atoms with Crippen LogP contribution in [0.2, 0.25) is 0 Å². The van der Waals surface area contributed by atoms with E-state index in [0.29, 0.717) is 31.7 Å². The Morgan fingerprint density at radius 2 is 1.64 bits per heavy atom. The summed E-state index contributed by atoms with van der Waals surface area (Å²) in [6.07, 6.45) is 0.903. The number of ether oxygens (including phenoxy) is 2. The molecule has 0 bridgehead atoms. The molecule has 2 aromatic carbocycles. The van der Waals surface area contributed by atoms with Crippen LogP contribution in [0.5, 0.6) is 11.5 Å². The predicted molar refractivity (Wildman–Crippen MR) is 93.2 cm³/mol. The highest BCUT2D eigenvalue weighted by atomic mass is 16.5. The Hall–Kier alpha value is -3.02. The van der Waals surface area contributed by atoms with E-state index in [1.54, 1.807) is 31.4 Å². The van der Waals surface area contributed by atoms with Crippen molar-refractivity contribution < 1.29 is 24.2 Å². The minimum Gasteiger partial charge on any atom is -0.497 e. The van der Waals surface area contributed by atoms with Gasteiger partial charge >= 0.3 is 5.97 Å². The monoisotopic (exact) mass is 343 g/mol. The lowest BCUT2D eigenvalue weighted by Crippen LogP contribution is -2.28. The largest absolute Gasteiger partial charge is 0.497 e. The van der Waals surface area contributed by atoms with Crippen LogP contribution in [0.15, 0.2) is 48.5 Å². The van der Waals surface area contributed by atoms with Gasteiger partial charge in [0.1, 0.15) is 18.1 Å². The molecule has 0 saturated carbocycles. The van der Waals surface area contributed by atoms with Crippen molar-refractivity contribution >= 4 is 11.9 Å². The summed E-state index contributed by atoms with van der Waals surface area (Å²) in [5.74, 6) is 0.451. The van der Waals surface area contributed by atoms with Gasteiger partial charge in [-0.3, -0.25) is 4.79 Å². The number of rotatable bonds is 9. The average Bonchev–Trinajstić information content (AvgIpc) is 2.64. The fraction of sp³-hybridized carbons (Fsp3) is 0.263. The van der Waals surface area contributed by atoms with Gasteiger partial charge in [-0.25, -0.2) is 4.79 Å². The summed E-state index contributed by atoms with van der Waals surface area (Å²) in [6, 6.07) is 13.8. The van der Waals surface area contributed by atoms with E-state index in [0.717, 1.165) is 11.3 Å². The Bertz CT molecular complexity index is 695. The zero-order valence-corrected chi connectivity index (χ0v) is 14.0. The number of carbonyl (C=O) groups is 2. The van der Waals surface area contributed by atoms with Gasteiger partial charge in [-0.1, -0.05) is 12.1 Å². The van der Waals surface area contributed by atoms with Crippen LogP contribution < -0.4 is 14.8 Å². The topological polar surface area (TPSA) is 84.9 Å². The average molecular weight is 343 g/mol. The number of hydrogen-bond acceptors (Lipinski definition) is 4. The Kier molecular flexibility index (Phi) is 6.83. The van der Waals surface area contributed by atoms with Gasteiger partial charge in [-0.05, 0) is 48.4 Å². The number of hydrogen-bond donors (Lipinski definition) is 2. The van der Waals surface area contributed by atoms with Crippen LogP contribution >= 0.6 is 0 Å². The summed E-state index contributed by atoms with van der Waals surface area (Å²) in [6.45, 7) is 0.800. The van der Waals surface area contributed by atoms with Crippen LogP contribution in [-0.4, -0.2) is 37.2 Å². The van der Waals surface area contributed by atoms with Crippen LogP contribution in [0, 0.1) is 0 Å². The van der Waals surface area contributed by atoms with E-state index in [1.807, 2.05) is 12.1 Å². The van der Waals surface area contributed by atoms with E-state index >= 15 is 0 Å². The molecule has 0 fully saturated rings. The molecular formula is C19H21NO5. The molecule has 0 unspecified atom stereocenters. The Balaban J connectivity index is 1.64. The Morgan fingerprint density at radius 1 is 1.00 bits per heavy atom. The van der Waals surface area contributed by atoms with Crippen molar-refractivity contribution in [3.05, 3.63) is 59.7 Å². The van der Waals surface area contributed by atoms with Crippen molar-refractivity contribution in [2.24, 2.45) is 0 Å². The first-order chi connectivity index (χ1) is 12.1. The quantitative estimate of drug-likeness (QED) is 0.684. The molecule has 0 radical (unpaired) electrons. The maximum absolute atomic E-state index is 11.8. The molecule has 0 saturated heterocycles. The second-order valence-electron chi connectivity index (χ2n) is 5.38. The molecule has 2 N–H and O–H groups in total. The van der Waals surface area contributed by atoms with Crippen molar-refractivity contribution in [1.29, 1.82) is 0 Å². The lowest BCUT2D eigenvalue weighted by atomic mass is 10.1. The van der Waals surface area contributed by atoms with E-state index < -0.39 is 5.97 Å². The first-order valence-electron chi connectivity index (χ1n) is 7.94. The van der Waals surface area contributed by atoms with Crippen LogP contribution in [0.4, 0.5) is 0 Å². The molecule has 1 amide bonds. The molecule has 0 atom stereocenters. The van der Waals surface area contributed by atoms with Crippen LogP contribution in [0.3, 0.4) is 0 Å². The van der Waals surface area contributed by atoms with Gasteiger partial charge in [0.15, 0.2) is 0 Å². The first-order valence-corrected chi connectivity index (χ1v) is 7.94. The molecule has 0 aromatic heterocycles. The summed E-state index contributed by atoms with van der Waals surface area (Å²) in [7, 11) is 1.60. The third-order valence-electron chi connectivity index (χ3n) is 3.59. The van der Waals surface area contributed by atoms with Crippen molar-refractivity contribution in [2.75, 3.05) is 20.3 Å². The number of methoxy groups -OCH3 is 1. The molecule has 0 heterocycles. The van der Waals surface area contributed by atoms with E-state index in [1.165, 1.54) is 12.1 Å². The van der Waals surface area contributed by atoms with Crippen molar-refractivity contribution in [2.45, 2.75) is 12.8 Å². The normalized spacial score (nSPS) is 10.1. The van der Waals surface area contributed by atoms with Crippen molar-refractivity contribution in [1.82, 2.24) is 5.32 Å². The van der Waals surface area contributed by atoms with E-state index in [9.17, 15) is 9.59 Å². The number of aryl methyl sites for hydroxylation is 1. The lowest BCUT2D eigenvalue weighted by molar-refractivity contribution is -0.121. The van der Waals surface area contributed by atoms with Gasteiger partial charge in [-0.15, -0.1) is 0 Å². The SMILES string of the molecule is COc1ccc(OCCNC(=O)CCc2ccc(C(=O)O)cc2)cc1. The highest BCUT2D eigenvalue weighted by Gasteiger charge is 2.05. The highest BCUT2D eigenvalue weighted by Crippen LogP contribution is 2.16. The third kappa shape index (κ3) is 6.18. The number of carboxylic acid groups (broad SMARTS) is 1.